The molecule has 0 N–H and O–H groups in total. The summed E-state index contributed by atoms with van der Waals surface area (Å²) in [5.74, 6) is -0.607. The summed E-state index contributed by atoms with van der Waals surface area (Å²) < 4.78 is 4.41. The Balaban J connectivity index is 4.24. The molecule has 0 aliphatic carbocycles. The largest absolute Gasteiger partial charge is 0.468 e. The third-order valence-electron chi connectivity index (χ3n) is 1.45. The first-order chi connectivity index (χ1) is 5.91. The SMILES string of the molecule is COC(=O)C(Cl)C(Cl)C(Cl)C(C)Cl. The van der Waals surface area contributed by atoms with E-state index in [2.05, 4.69) is 4.74 Å². The second-order valence-corrected chi connectivity index (χ2v) is 4.66. The zero-order chi connectivity index (χ0) is 10.6. The van der Waals surface area contributed by atoms with Crippen molar-refractivity contribution in [1.29, 1.82) is 0 Å². The van der Waals surface area contributed by atoms with E-state index in [9.17, 15) is 4.79 Å². The van der Waals surface area contributed by atoms with E-state index in [1.165, 1.54) is 7.11 Å². The Labute approximate surface area is 97.4 Å². The normalized spacial score (nSPS) is 20.2. The van der Waals surface area contributed by atoms with E-state index < -0.39 is 22.1 Å². The van der Waals surface area contributed by atoms with Crippen molar-refractivity contribution >= 4 is 52.4 Å². The van der Waals surface area contributed by atoms with Crippen LogP contribution in [0.2, 0.25) is 0 Å². The summed E-state index contributed by atoms with van der Waals surface area (Å²) >= 11 is 23.0. The number of alkyl halides is 4. The molecule has 0 saturated heterocycles. The monoisotopic (exact) mass is 266 g/mol. The number of methoxy groups -OCH3 is 1. The Hall–Kier alpha value is 0.630. The Morgan fingerprint density at radius 3 is 1.92 bits per heavy atom. The van der Waals surface area contributed by atoms with E-state index in [0.29, 0.717) is 0 Å². The third kappa shape index (κ3) is 4.11. The topological polar surface area (TPSA) is 26.3 Å². The van der Waals surface area contributed by atoms with Gasteiger partial charge in [-0.1, -0.05) is 0 Å². The predicted octanol–water partition coefficient (Wildman–Crippen LogP) is 2.61. The van der Waals surface area contributed by atoms with Gasteiger partial charge in [-0.15, -0.1) is 46.4 Å². The molecular formula is C7H10Cl4O2. The van der Waals surface area contributed by atoms with Crippen LogP contribution in [0.1, 0.15) is 6.92 Å². The molecule has 0 fully saturated rings. The fraction of sp³-hybridized carbons (Fsp3) is 0.857. The van der Waals surface area contributed by atoms with Gasteiger partial charge in [0.15, 0.2) is 0 Å². The van der Waals surface area contributed by atoms with Crippen LogP contribution in [-0.4, -0.2) is 34.6 Å². The summed E-state index contributed by atoms with van der Waals surface area (Å²) in [6.07, 6.45) is 0. The predicted molar refractivity (Wildman–Crippen MR) is 56.3 cm³/mol. The highest BCUT2D eigenvalue weighted by Gasteiger charge is 2.33. The summed E-state index contributed by atoms with van der Waals surface area (Å²) in [6, 6.07) is 0. The summed E-state index contributed by atoms with van der Waals surface area (Å²) in [5.41, 5.74) is 0. The maximum atomic E-state index is 10.9. The first-order valence-corrected chi connectivity index (χ1v) is 5.30. The van der Waals surface area contributed by atoms with E-state index in [1.807, 2.05) is 0 Å². The molecule has 2 nitrogen and oxygen atoms in total. The fourth-order valence-electron chi connectivity index (χ4n) is 0.657. The lowest BCUT2D eigenvalue weighted by Gasteiger charge is -2.20. The van der Waals surface area contributed by atoms with E-state index in [0.717, 1.165) is 0 Å². The van der Waals surface area contributed by atoms with Crippen molar-refractivity contribution in [3.05, 3.63) is 0 Å². The molecule has 0 heterocycles. The number of carbonyl (C=O) groups is 1. The van der Waals surface area contributed by atoms with Crippen LogP contribution in [0.15, 0.2) is 0 Å². The first kappa shape index (κ1) is 13.6. The Bertz CT molecular complexity index is 174. The minimum Gasteiger partial charge on any atom is -0.468 e. The molecule has 0 bridgehead atoms. The number of hydrogen-bond acceptors (Lipinski definition) is 2. The van der Waals surface area contributed by atoms with Gasteiger partial charge in [-0.05, 0) is 6.92 Å². The van der Waals surface area contributed by atoms with Crippen molar-refractivity contribution in [3.63, 3.8) is 0 Å². The summed E-state index contributed by atoms with van der Waals surface area (Å²) in [5, 5.41) is -2.67. The number of esters is 1. The molecule has 13 heavy (non-hydrogen) atoms. The smallest absolute Gasteiger partial charge is 0.325 e. The van der Waals surface area contributed by atoms with Gasteiger partial charge in [-0.3, -0.25) is 4.79 Å². The van der Waals surface area contributed by atoms with Crippen LogP contribution in [0.4, 0.5) is 0 Å². The number of hydrogen-bond donors (Lipinski definition) is 0. The Morgan fingerprint density at radius 2 is 1.62 bits per heavy atom. The van der Waals surface area contributed by atoms with Crippen molar-refractivity contribution < 1.29 is 9.53 Å². The van der Waals surface area contributed by atoms with Gasteiger partial charge in [-0.25, -0.2) is 0 Å². The standard InChI is InChI=1S/C7H10Cl4O2/c1-3(8)4(9)5(10)6(11)7(12)13-2/h3-6H,1-2H3. The number of halogens is 4. The van der Waals surface area contributed by atoms with Gasteiger partial charge in [0.2, 0.25) is 0 Å². The summed E-state index contributed by atoms with van der Waals surface area (Å²) in [6.45, 7) is 1.68. The van der Waals surface area contributed by atoms with Gasteiger partial charge < -0.3 is 4.74 Å². The van der Waals surface area contributed by atoms with Crippen LogP contribution in [0.5, 0.6) is 0 Å². The van der Waals surface area contributed by atoms with Crippen LogP contribution in [-0.2, 0) is 9.53 Å². The lowest BCUT2D eigenvalue weighted by Crippen LogP contribution is -2.36. The second-order valence-electron chi connectivity index (χ2n) is 2.49. The Kier molecular flexibility index (Phi) is 6.48. The maximum absolute atomic E-state index is 10.9. The molecule has 0 aromatic heterocycles. The zero-order valence-electron chi connectivity index (χ0n) is 7.14. The number of rotatable bonds is 4. The van der Waals surface area contributed by atoms with E-state index in [4.69, 9.17) is 46.4 Å². The van der Waals surface area contributed by atoms with Gasteiger partial charge >= 0.3 is 5.97 Å². The lowest BCUT2D eigenvalue weighted by molar-refractivity contribution is -0.140. The lowest BCUT2D eigenvalue weighted by atomic mass is 10.2. The molecule has 0 rings (SSSR count). The molecule has 4 atom stereocenters. The highest BCUT2D eigenvalue weighted by atomic mass is 35.5. The van der Waals surface area contributed by atoms with Crippen molar-refractivity contribution in [2.45, 2.75) is 28.4 Å². The highest BCUT2D eigenvalue weighted by molar-refractivity contribution is 6.41. The average Bonchev–Trinajstić information content (AvgIpc) is 2.12. The summed E-state index contributed by atoms with van der Waals surface area (Å²) in [4.78, 5) is 10.9. The van der Waals surface area contributed by atoms with Crippen molar-refractivity contribution in [1.82, 2.24) is 0 Å². The van der Waals surface area contributed by atoms with E-state index in [1.54, 1.807) is 6.92 Å². The number of carbonyl (C=O) groups excluding carboxylic acids is 1. The molecule has 0 radical (unpaired) electrons. The molecule has 0 aliphatic rings. The quantitative estimate of drug-likeness (QED) is 0.578. The van der Waals surface area contributed by atoms with Crippen molar-refractivity contribution in [2.75, 3.05) is 7.11 Å². The van der Waals surface area contributed by atoms with Crippen LogP contribution >= 0.6 is 46.4 Å². The minimum atomic E-state index is -0.977. The molecule has 0 aromatic carbocycles. The fourth-order valence-corrected chi connectivity index (χ4v) is 1.68. The maximum Gasteiger partial charge on any atom is 0.325 e. The molecule has 0 aromatic rings. The van der Waals surface area contributed by atoms with Gasteiger partial charge in [0.1, 0.15) is 5.38 Å². The van der Waals surface area contributed by atoms with Crippen molar-refractivity contribution in [3.8, 4) is 0 Å². The molecule has 0 spiro atoms. The molecular weight excluding hydrogens is 258 g/mol. The molecule has 6 heteroatoms. The first-order valence-electron chi connectivity index (χ1n) is 3.56. The van der Waals surface area contributed by atoms with Crippen LogP contribution in [0.25, 0.3) is 0 Å². The van der Waals surface area contributed by atoms with Crippen LogP contribution in [0, 0.1) is 0 Å². The van der Waals surface area contributed by atoms with Crippen LogP contribution in [0.3, 0.4) is 0 Å². The van der Waals surface area contributed by atoms with E-state index >= 15 is 0 Å². The molecule has 0 saturated carbocycles. The second kappa shape index (κ2) is 6.18. The van der Waals surface area contributed by atoms with Gasteiger partial charge in [0.25, 0.3) is 0 Å². The van der Waals surface area contributed by atoms with E-state index in [-0.39, 0.29) is 5.38 Å². The van der Waals surface area contributed by atoms with Crippen LogP contribution < -0.4 is 0 Å². The summed E-state index contributed by atoms with van der Waals surface area (Å²) in [7, 11) is 1.23. The minimum absolute atomic E-state index is 0.366. The number of ether oxygens (including phenoxy) is 1. The van der Waals surface area contributed by atoms with Crippen molar-refractivity contribution in [2.24, 2.45) is 0 Å². The zero-order valence-corrected chi connectivity index (χ0v) is 10.2. The average molecular weight is 268 g/mol. The third-order valence-corrected chi connectivity index (χ3v) is 3.73. The van der Waals surface area contributed by atoms with Gasteiger partial charge in [0, 0.05) is 5.38 Å². The molecule has 0 amide bonds. The molecule has 4 unspecified atom stereocenters. The molecule has 0 aliphatic heterocycles. The van der Waals surface area contributed by atoms with Gasteiger partial charge in [-0.2, -0.15) is 0 Å². The highest BCUT2D eigenvalue weighted by Crippen LogP contribution is 2.24. The van der Waals surface area contributed by atoms with Gasteiger partial charge in [0.05, 0.1) is 17.9 Å². The Morgan fingerprint density at radius 1 is 1.15 bits per heavy atom. The molecule has 78 valence electrons.